The third kappa shape index (κ3) is 4.50. The molecule has 2 aromatic carbocycles. The number of benzene rings is 2. The number of rotatable bonds is 1. The van der Waals surface area contributed by atoms with Gasteiger partial charge < -0.3 is 9.51 Å². The van der Waals surface area contributed by atoms with E-state index < -0.39 is 0 Å². The van der Waals surface area contributed by atoms with Crippen LogP contribution in [0.3, 0.4) is 0 Å². The molecule has 0 bridgehead atoms. The predicted octanol–water partition coefficient (Wildman–Crippen LogP) is 3.84. The molecule has 4 aromatic rings. The van der Waals surface area contributed by atoms with E-state index in [9.17, 15) is 9.59 Å². The molecular weight excluding hydrogens is 523 g/mol. The summed E-state index contributed by atoms with van der Waals surface area (Å²) in [5, 5.41) is 10.9. The van der Waals surface area contributed by atoms with Gasteiger partial charge >= 0.3 is 0 Å². The summed E-state index contributed by atoms with van der Waals surface area (Å²) in [6.07, 6.45) is 2.94. The van der Waals surface area contributed by atoms with Crippen LogP contribution in [0.2, 0.25) is 0 Å². The van der Waals surface area contributed by atoms with Crippen LogP contribution in [0.1, 0.15) is 13.8 Å². The molecule has 0 aliphatic carbocycles. The van der Waals surface area contributed by atoms with Gasteiger partial charge in [-0.2, -0.15) is 0 Å². The van der Waals surface area contributed by atoms with Gasteiger partial charge in [-0.15, -0.1) is 35.0 Å². The monoisotopic (exact) mass is 540 g/mol. The van der Waals surface area contributed by atoms with Crippen molar-refractivity contribution in [1.29, 1.82) is 0 Å². The summed E-state index contributed by atoms with van der Waals surface area (Å²) in [6, 6.07) is 18.2. The zero-order valence-electron chi connectivity index (χ0n) is 14.7. The average molecular weight is 540 g/mol. The second-order valence-electron chi connectivity index (χ2n) is 5.84. The summed E-state index contributed by atoms with van der Waals surface area (Å²) >= 11 is 0. The molecule has 2 aromatic heterocycles. The van der Waals surface area contributed by atoms with E-state index >= 15 is 0 Å². The van der Waals surface area contributed by atoms with E-state index in [1.54, 1.807) is 16.7 Å². The van der Waals surface area contributed by atoms with Crippen LogP contribution in [0.5, 0.6) is 0 Å². The van der Waals surface area contributed by atoms with E-state index in [4.69, 9.17) is 5.11 Å². The number of aliphatic hydroxyl groups is 1. The van der Waals surface area contributed by atoms with Crippen LogP contribution < -0.4 is 5.56 Å². The topological polar surface area (TPSA) is 71.7 Å². The third-order valence-corrected chi connectivity index (χ3v) is 3.74. The first-order chi connectivity index (χ1) is 12.5. The van der Waals surface area contributed by atoms with Crippen molar-refractivity contribution < 1.29 is 31.0 Å². The zero-order valence-corrected chi connectivity index (χ0v) is 17.0. The van der Waals surface area contributed by atoms with Crippen LogP contribution in [0.25, 0.3) is 27.3 Å². The van der Waals surface area contributed by atoms with Crippen LogP contribution in [0.15, 0.2) is 71.4 Å². The number of aliphatic hydroxyl groups excluding tert-OH is 1. The molecule has 1 N–H and O–H groups in total. The van der Waals surface area contributed by atoms with Gasteiger partial charge in [-0.05, 0) is 32.2 Å². The molecule has 5 nitrogen and oxygen atoms in total. The van der Waals surface area contributed by atoms with E-state index in [2.05, 4.69) is 11.1 Å². The fourth-order valence-electron chi connectivity index (χ4n) is 2.69. The van der Waals surface area contributed by atoms with Gasteiger partial charge in [-0.1, -0.05) is 18.2 Å². The summed E-state index contributed by atoms with van der Waals surface area (Å²) in [6.45, 7) is 2.85. The van der Waals surface area contributed by atoms with Gasteiger partial charge in [0.25, 0.3) is 5.56 Å². The average Bonchev–Trinajstić information content (AvgIpc) is 2.61. The molecule has 140 valence electrons. The molecule has 2 heterocycles. The maximum Gasteiger partial charge on any atom is 0.257 e. The van der Waals surface area contributed by atoms with Crippen molar-refractivity contribution in [2.45, 2.75) is 13.8 Å². The minimum atomic E-state index is -0.125. The molecule has 0 saturated carbocycles. The fourth-order valence-corrected chi connectivity index (χ4v) is 2.69. The second-order valence-corrected chi connectivity index (χ2v) is 5.84. The Kier molecular flexibility index (Phi) is 6.64. The fraction of sp³-hybridized carbons (Fsp3) is 0.0952. The van der Waals surface area contributed by atoms with Crippen molar-refractivity contribution in [3.8, 4) is 0 Å². The van der Waals surface area contributed by atoms with E-state index in [1.165, 1.54) is 19.9 Å². The van der Waals surface area contributed by atoms with Crippen molar-refractivity contribution in [2.75, 3.05) is 0 Å². The first-order valence-corrected chi connectivity index (χ1v) is 8.06. The van der Waals surface area contributed by atoms with Crippen LogP contribution in [-0.2, 0) is 25.9 Å². The van der Waals surface area contributed by atoms with Gasteiger partial charge in [0, 0.05) is 27.1 Å². The number of allylic oxidation sites excluding steroid dienone is 2. The number of carbonyl (C=O) groups is 1. The van der Waals surface area contributed by atoms with Crippen molar-refractivity contribution in [3.63, 3.8) is 0 Å². The van der Waals surface area contributed by atoms with Crippen LogP contribution in [-0.4, -0.2) is 20.3 Å². The molecule has 4 rings (SSSR count). The third-order valence-electron chi connectivity index (χ3n) is 3.74. The number of para-hydroxylation sites is 1. The van der Waals surface area contributed by atoms with E-state index in [-0.39, 0.29) is 38.2 Å². The Labute approximate surface area is 170 Å². The molecule has 0 aliphatic heterocycles. The van der Waals surface area contributed by atoms with Crippen molar-refractivity contribution in [3.05, 3.63) is 83.0 Å². The molecule has 0 amide bonds. The SMILES string of the molecule is CC(=O)C=C(C)O.O=c1c2ccccc2nc2c3[c-]cccc3ccn12.[Pt]. The van der Waals surface area contributed by atoms with Crippen molar-refractivity contribution >= 4 is 33.1 Å². The minimum Gasteiger partial charge on any atom is -0.512 e. The quantitative estimate of drug-likeness (QED) is 0.131. The number of carbonyl (C=O) groups excluding carboxylic acids is 1. The Morgan fingerprint density at radius 2 is 1.89 bits per heavy atom. The number of pyridine rings is 1. The first-order valence-electron chi connectivity index (χ1n) is 8.06. The van der Waals surface area contributed by atoms with Crippen LogP contribution >= 0.6 is 0 Å². The van der Waals surface area contributed by atoms with E-state index in [0.717, 1.165) is 16.3 Å². The molecule has 0 radical (unpaired) electrons. The molecule has 0 atom stereocenters. The molecular formula is C21H17N2O3Pt-. The number of ketones is 1. The number of nitrogens with zero attached hydrogens (tertiary/aromatic N) is 2. The molecule has 0 spiro atoms. The molecule has 27 heavy (non-hydrogen) atoms. The number of hydrogen-bond acceptors (Lipinski definition) is 4. The Hall–Kier alpha value is -2.78. The maximum absolute atomic E-state index is 12.4. The Morgan fingerprint density at radius 1 is 1.15 bits per heavy atom. The number of aromatic nitrogens is 2. The standard InChI is InChI=1S/C16H9N2O.C5H8O2.Pt/c19-16-13-7-3-4-8-14(13)17-15-12-6-2-1-5-11(12)9-10-18(15)16;1-4(6)3-5(2)7;/h1-5,7-10H;3,6H,1-2H3;/q-1;;. The summed E-state index contributed by atoms with van der Waals surface area (Å²) in [4.78, 5) is 27.1. The van der Waals surface area contributed by atoms with Gasteiger partial charge in [0.05, 0.1) is 22.3 Å². The molecule has 0 saturated heterocycles. The number of hydrogen-bond donors (Lipinski definition) is 1. The van der Waals surface area contributed by atoms with E-state index in [1.807, 2.05) is 42.5 Å². The molecule has 0 aliphatic rings. The molecule has 0 fully saturated rings. The molecule has 0 unspecified atom stereocenters. The second kappa shape index (κ2) is 8.74. The Balaban J connectivity index is 0.000000285. The van der Waals surface area contributed by atoms with Crippen molar-refractivity contribution in [2.24, 2.45) is 0 Å². The number of fused-ring (bicyclic) bond motifs is 4. The maximum atomic E-state index is 12.4. The van der Waals surface area contributed by atoms with Gasteiger partial charge in [0.2, 0.25) is 0 Å². The normalized spacial score (nSPS) is 11.0. The smallest absolute Gasteiger partial charge is 0.257 e. The summed E-state index contributed by atoms with van der Waals surface area (Å²) in [7, 11) is 0. The van der Waals surface area contributed by atoms with E-state index in [0.29, 0.717) is 11.0 Å². The first kappa shape index (κ1) is 20.5. The molecule has 6 heteroatoms. The van der Waals surface area contributed by atoms with Crippen molar-refractivity contribution in [1.82, 2.24) is 9.38 Å². The van der Waals surface area contributed by atoms with Crippen LogP contribution in [0.4, 0.5) is 0 Å². The van der Waals surface area contributed by atoms with Crippen LogP contribution in [0, 0.1) is 6.07 Å². The summed E-state index contributed by atoms with van der Waals surface area (Å²) in [5.41, 5.74) is 1.33. The summed E-state index contributed by atoms with van der Waals surface area (Å²) < 4.78 is 1.58. The summed E-state index contributed by atoms with van der Waals surface area (Å²) in [5.74, 6) is -0.0625. The van der Waals surface area contributed by atoms with Gasteiger partial charge in [0.1, 0.15) is 0 Å². The predicted molar refractivity (Wildman–Crippen MR) is 102 cm³/mol. The largest absolute Gasteiger partial charge is 0.512 e. The zero-order chi connectivity index (χ0) is 18.7. The van der Waals surface area contributed by atoms with Gasteiger partial charge in [0.15, 0.2) is 5.78 Å². The Morgan fingerprint density at radius 3 is 2.56 bits per heavy atom. The Bertz CT molecular complexity index is 1210. The van der Waals surface area contributed by atoms with Gasteiger partial charge in [-0.25, -0.2) is 0 Å². The minimum absolute atomic E-state index is 0. The van der Waals surface area contributed by atoms with Gasteiger partial charge in [-0.3, -0.25) is 14.6 Å².